The molecule has 0 bridgehead atoms. The van der Waals surface area contributed by atoms with Gasteiger partial charge in [-0.1, -0.05) is 30.3 Å². The minimum atomic E-state index is -0.297. The number of aryl methyl sites for hydroxylation is 2. The van der Waals surface area contributed by atoms with E-state index in [1.807, 2.05) is 43.3 Å². The van der Waals surface area contributed by atoms with Gasteiger partial charge in [-0.25, -0.2) is 4.98 Å². The number of carbonyl (C=O) groups is 2. The fourth-order valence-electron chi connectivity index (χ4n) is 4.38. The zero-order chi connectivity index (χ0) is 26.9. The standard InChI is InChI=1S/C27H35N7O3S/c1-19-10-11-23(32-38-17-21-7-4-3-5-8-21)27(37)34(19)16-25(35)29-14-24-20(2)30-18-33(24)15-26(36)31-22-9-6-12-28-13-22/h3-5,7-8,10-11,18,22,28,32H,6,9,12-17H2,1-2H3,(H,29,35)(H,31,36). The SMILES string of the molecule is Cc1ncn(CC(=O)NC2CCCNC2)c1CNC(=O)Cn1c(C)ccc(NSCc2ccccc2)c1=O. The molecule has 3 aromatic rings. The van der Waals surface area contributed by atoms with Gasteiger partial charge in [0.2, 0.25) is 11.8 Å². The summed E-state index contributed by atoms with van der Waals surface area (Å²) in [6.07, 6.45) is 3.62. The maximum absolute atomic E-state index is 13.0. The number of imidazole rings is 1. The predicted molar refractivity (Wildman–Crippen MR) is 150 cm³/mol. The number of nitrogens with one attached hydrogen (secondary N) is 4. The van der Waals surface area contributed by atoms with Crippen LogP contribution < -0.4 is 26.2 Å². The number of aromatic nitrogens is 3. The fraction of sp³-hybridized carbons (Fsp3) is 0.407. The lowest BCUT2D eigenvalue weighted by Crippen LogP contribution is -2.46. The van der Waals surface area contributed by atoms with Crippen molar-refractivity contribution in [2.24, 2.45) is 0 Å². The molecule has 1 unspecified atom stereocenters. The van der Waals surface area contributed by atoms with E-state index in [1.165, 1.54) is 16.5 Å². The number of rotatable bonds is 11. The van der Waals surface area contributed by atoms with Crippen LogP contribution in [0.25, 0.3) is 0 Å². The summed E-state index contributed by atoms with van der Waals surface area (Å²) in [5, 5.41) is 9.23. The van der Waals surface area contributed by atoms with Gasteiger partial charge in [-0.3, -0.25) is 14.4 Å². The Hall–Kier alpha value is -3.57. The quantitative estimate of drug-likeness (QED) is 0.276. The second-order valence-electron chi connectivity index (χ2n) is 9.45. The number of piperidine rings is 1. The molecule has 1 atom stereocenters. The van der Waals surface area contributed by atoms with E-state index in [9.17, 15) is 14.4 Å². The van der Waals surface area contributed by atoms with E-state index in [-0.39, 0.29) is 43.0 Å². The zero-order valence-corrected chi connectivity index (χ0v) is 22.6. The molecule has 0 aliphatic carbocycles. The molecule has 4 rings (SSSR count). The maximum Gasteiger partial charge on any atom is 0.275 e. The molecule has 1 fully saturated rings. The van der Waals surface area contributed by atoms with Gasteiger partial charge in [-0.15, -0.1) is 0 Å². The third-order valence-corrected chi connectivity index (χ3v) is 7.38. The first-order chi connectivity index (χ1) is 18.4. The van der Waals surface area contributed by atoms with Crippen LogP contribution in [0.4, 0.5) is 5.69 Å². The molecule has 202 valence electrons. The van der Waals surface area contributed by atoms with Gasteiger partial charge in [-0.2, -0.15) is 0 Å². The minimum Gasteiger partial charge on any atom is -0.351 e. The van der Waals surface area contributed by atoms with Crippen LogP contribution in [0.3, 0.4) is 0 Å². The van der Waals surface area contributed by atoms with Gasteiger partial charge in [-0.05, 0) is 62.9 Å². The van der Waals surface area contributed by atoms with Crippen molar-refractivity contribution < 1.29 is 9.59 Å². The molecular weight excluding hydrogens is 502 g/mol. The van der Waals surface area contributed by atoms with Crippen molar-refractivity contribution in [1.29, 1.82) is 0 Å². The van der Waals surface area contributed by atoms with Gasteiger partial charge < -0.3 is 29.8 Å². The highest BCUT2D eigenvalue weighted by Crippen LogP contribution is 2.15. The first-order valence-electron chi connectivity index (χ1n) is 12.8. The minimum absolute atomic E-state index is 0.0831. The average molecular weight is 538 g/mol. The van der Waals surface area contributed by atoms with Gasteiger partial charge in [0.05, 0.1) is 24.3 Å². The number of hydrogen-bond donors (Lipinski definition) is 4. The number of anilines is 1. The Balaban J connectivity index is 1.32. The van der Waals surface area contributed by atoms with Crippen molar-refractivity contribution in [3.05, 3.63) is 81.8 Å². The van der Waals surface area contributed by atoms with Crippen molar-refractivity contribution in [3.63, 3.8) is 0 Å². The van der Waals surface area contributed by atoms with Crippen LogP contribution in [0.1, 0.15) is 35.5 Å². The van der Waals surface area contributed by atoms with Crippen LogP contribution in [-0.4, -0.2) is 45.1 Å². The third kappa shape index (κ3) is 7.48. The van der Waals surface area contributed by atoms with Crippen LogP contribution in [0.5, 0.6) is 0 Å². The van der Waals surface area contributed by atoms with Gasteiger partial charge >= 0.3 is 0 Å². The Morgan fingerprint density at radius 3 is 2.68 bits per heavy atom. The number of hydrogen-bond acceptors (Lipinski definition) is 7. The smallest absolute Gasteiger partial charge is 0.275 e. The van der Waals surface area contributed by atoms with Crippen LogP contribution in [0.2, 0.25) is 0 Å². The summed E-state index contributed by atoms with van der Waals surface area (Å²) in [5.41, 5.74) is 3.52. The monoisotopic (exact) mass is 537 g/mol. The van der Waals surface area contributed by atoms with E-state index in [1.54, 1.807) is 23.9 Å². The van der Waals surface area contributed by atoms with Crippen LogP contribution in [0.15, 0.2) is 53.6 Å². The molecule has 2 aromatic heterocycles. The summed E-state index contributed by atoms with van der Waals surface area (Å²) in [5.74, 6) is 0.325. The number of pyridine rings is 1. The molecule has 0 saturated carbocycles. The highest BCUT2D eigenvalue weighted by Gasteiger charge is 2.18. The molecule has 11 heteroatoms. The number of carbonyl (C=O) groups excluding carboxylic acids is 2. The summed E-state index contributed by atoms with van der Waals surface area (Å²) in [4.78, 5) is 42.7. The first-order valence-corrected chi connectivity index (χ1v) is 13.8. The zero-order valence-electron chi connectivity index (χ0n) is 21.8. The van der Waals surface area contributed by atoms with Gasteiger partial charge in [0.25, 0.3) is 5.56 Å². The van der Waals surface area contributed by atoms with E-state index >= 15 is 0 Å². The van der Waals surface area contributed by atoms with E-state index in [0.29, 0.717) is 17.1 Å². The van der Waals surface area contributed by atoms with Gasteiger partial charge in [0.15, 0.2) is 0 Å². The summed E-state index contributed by atoms with van der Waals surface area (Å²) in [6.45, 7) is 5.64. The van der Waals surface area contributed by atoms with Gasteiger partial charge in [0.1, 0.15) is 18.8 Å². The lowest BCUT2D eigenvalue weighted by Gasteiger charge is -2.24. The van der Waals surface area contributed by atoms with E-state index in [0.717, 1.165) is 42.9 Å². The average Bonchev–Trinajstić information content (AvgIpc) is 3.26. The number of amides is 2. The van der Waals surface area contributed by atoms with Crippen LogP contribution >= 0.6 is 11.9 Å². The molecular formula is C27H35N7O3S. The molecule has 10 nitrogen and oxygen atoms in total. The molecule has 1 aromatic carbocycles. The summed E-state index contributed by atoms with van der Waals surface area (Å²) < 4.78 is 6.33. The number of nitrogens with zero attached hydrogens (tertiary/aromatic N) is 3. The lowest BCUT2D eigenvalue weighted by molar-refractivity contribution is -0.122. The normalized spacial score (nSPS) is 15.2. The largest absolute Gasteiger partial charge is 0.351 e. The lowest BCUT2D eigenvalue weighted by atomic mass is 10.1. The van der Waals surface area contributed by atoms with E-state index in [2.05, 4.69) is 25.7 Å². The summed E-state index contributed by atoms with van der Waals surface area (Å²) in [6, 6.07) is 13.7. The van der Waals surface area contributed by atoms with Crippen molar-refractivity contribution >= 4 is 29.4 Å². The second-order valence-corrected chi connectivity index (χ2v) is 10.2. The summed E-state index contributed by atoms with van der Waals surface area (Å²) >= 11 is 1.42. The van der Waals surface area contributed by atoms with Crippen LogP contribution in [-0.2, 0) is 35.0 Å². The summed E-state index contributed by atoms with van der Waals surface area (Å²) in [7, 11) is 0. The Kier molecular flexibility index (Phi) is 9.61. The van der Waals surface area contributed by atoms with Crippen LogP contribution in [0, 0.1) is 13.8 Å². The molecule has 3 heterocycles. The topological polar surface area (TPSA) is 122 Å². The van der Waals surface area contributed by atoms with Crippen molar-refractivity contribution in [2.75, 3.05) is 17.8 Å². The molecule has 2 amide bonds. The Labute approximate surface area is 226 Å². The molecule has 1 aliphatic rings. The highest BCUT2D eigenvalue weighted by atomic mass is 32.2. The number of benzene rings is 1. The Morgan fingerprint density at radius 2 is 1.92 bits per heavy atom. The van der Waals surface area contributed by atoms with Gasteiger partial charge in [0, 0.05) is 24.0 Å². The second kappa shape index (κ2) is 13.3. The van der Waals surface area contributed by atoms with E-state index in [4.69, 9.17) is 0 Å². The Bertz CT molecular complexity index is 1300. The highest BCUT2D eigenvalue weighted by molar-refractivity contribution is 7.99. The maximum atomic E-state index is 13.0. The van der Waals surface area contributed by atoms with Crippen molar-refractivity contribution in [1.82, 2.24) is 30.1 Å². The predicted octanol–water partition coefficient (Wildman–Crippen LogP) is 2.11. The third-order valence-electron chi connectivity index (χ3n) is 6.54. The van der Waals surface area contributed by atoms with Crippen molar-refractivity contribution in [3.8, 4) is 0 Å². The fourth-order valence-corrected chi connectivity index (χ4v) is 5.12. The van der Waals surface area contributed by atoms with Crippen molar-refractivity contribution in [2.45, 2.75) is 58.1 Å². The first kappa shape index (κ1) is 27.5. The molecule has 1 aliphatic heterocycles. The van der Waals surface area contributed by atoms with E-state index < -0.39 is 0 Å². The molecule has 0 spiro atoms. The molecule has 38 heavy (non-hydrogen) atoms. The molecule has 4 N–H and O–H groups in total. The molecule has 1 saturated heterocycles. The molecule has 0 radical (unpaired) electrons. The Morgan fingerprint density at radius 1 is 1.11 bits per heavy atom.